The van der Waals surface area contributed by atoms with E-state index < -0.39 is 0 Å². The van der Waals surface area contributed by atoms with Gasteiger partial charge >= 0.3 is 0 Å². The highest BCUT2D eigenvalue weighted by atomic mass is 16.5. The van der Waals surface area contributed by atoms with E-state index >= 15 is 0 Å². The molecule has 0 amide bonds. The molecular formula is C17H28N2O. The van der Waals surface area contributed by atoms with E-state index in [0.717, 1.165) is 32.1 Å². The Morgan fingerprint density at radius 1 is 1.30 bits per heavy atom. The van der Waals surface area contributed by atoms with Crippen molar-refractivity contribution in [3.8, 4) is 0 Å². The van der Waals surface area contributed by atoms with Crippen LogP contribution in [0.4, 0.5) is 5.69 Å². The monoisotopic (exact) mass is 276 g/mol. The Kier molecular flexibility index (Phi) is 5.86. The zero-order chi connectivity index (χ0) is 14.4. The molecule has 1 aliphatic carbocycles. The smallest absolute Gasteiger partial charge is 0.0641 e. The Hall–Kier alpha value is -1.06. The zero-order valence-corrected chi connectivity index (χ0v) is 13.1. The third-order valence-corrected chi connectivity index (χ3v) is 4.11. The van der Waals surface area contributed by atoms with Crippen LogP contribution in [0.25, 0.3) is 0 Å². The average molecular weight is 276 g/mol. The van der Waals surface area contributed by atoms with E-state index in [0.29, 0.717) is 6.04 Å². The normalized spacial score (nSPS) is 16.1. The molecule has 1 saturated carbocycles. The predicted octanol–water partition coefficient (Wildman–Crippen LogP) is 3.22. The van der Waals surface area contributed by atoms with Gasteiger partial charge in [0, 0.05) is 31.9 Å². The summed E-state index contributed by atoms with van der Waals surface area (Å²) < 4.78 is 5.69. The molecule has 0 aromatic heterocycles. The lowest BCUT2D eigenvalue weighted by Gasteiger charge is -2.21. The second-order valence-electron chi connectivity index (χ2n) is 5.78. The molecule has 1 aromatic carbocycles. The fourth-order valence-corrected chi connectivity index (χ4v) is 2.43. The number of ether oxygens (including phenoxy) is 1. The van der Waals surface area contributed by atoms with Crippen molar-refractivity contribution in [2.24, 2.45) is 5.92 Å². The van der Waals surface area contributed by atoms with Crippen LogP contribution >= 0.6 is 0 Å². The van der Waals surface area contributed by atoms with Crippen molar-refractivity contribution in [1.29, 1.82) is 0 Å². The highest BCUT2D eigenvalue weighted by molar-refractivity contribution is 5.47. The summed E-state index contributed by atoms with van der Waals surface area (Å²) in [5.74, 6) is 0.854. The summed E-state index contributed by atoms with van der Waals surface area (Å²) in [6.45, 7) is 4.93. The number of nitrogens with one attached hydrogen (secondary N) is 1. The minimum Gasteiger partial charge on any atom is -0.379 e. The summed E-state index contributed by atoms with van der Waals surface area (Å²) in [7, 11) is 4.15. The Labute approximate surface area is 123 Å². The van der Waals surface area contributed by atoms with Gasteiger partial charge in [0.05, 0.1) is 6.61 Å². The maximum Gasteiger partial charge on any atom is 0.0641 e. The van der Waals surface area contributed by atoms with Crippen LogP contribution in [0.2, 0.25) is 0 Å². The molecule has 0 radical (unpaired) electrons. The lowest BCUT2D eigenvalue weighted by atomic mass is 10.0. The van der Waals surface area contributed by atoms with Gasteiger partial charge in [0.15, 0.2) is 0 Å². The highest BCUT2D eigenvalue weighted by Gasteiger charge is 2.20. The van der Waals surface area contributed by atoms with E-state index in [-0.39, 0.29) is 0 Å². The molecule has 112 valence electrons. The third-order valence-electron chi connectivity index (χ3n) is 4.11. The molecule has 0 aliphatic heterocycles. The topological polar surface area (TPSA) is 24.5 Å². The number of hydrogen-bond donors (Lipinski definition) is 1. The van der Waals surface area contributed by atoms with Crippen molar-refractivity contribution < 1.29 is 4.74 Å². The van der Waals surface area contributed by atoms with Crippen LogP contribution in [-0.4, -0.2) is 33.9 Å². The van der Waals surface area contributed by atoms with Crippen LogP contribution in [0.15, 0.2) is 24.3 Å². The fourth-order valence-electron chi connectivity index (χ4n) is 2.43. The first kappa shape index (κ1) is 15.3. The molecule has 1 aromatic rings. The van der Waals surface area contributed by atoms with E-state index in [1.54, 1.807) is 0 Å². The summed E-state index contributed by atoms with van der Waals surface area (Å²) in [4.78, 5) is 2.26. The molecule has 1 unspecified atom stereocenters. The maximum absolute atomic E-state index is 5.69. The van der Waals surface area contributed by atoms with Crippen molar-refractivity contribution in [1.82, 2.24) is 5.32 Å². The minimum atomic E-state index is 0.455. The van der Waals surface area contributed by atoms with Crippen molar-refractivity contribution >= 4 is 5.69 Å². The van der Waals surface area contributed by atoms with Gasteiger partial charge in [0.1, 0.15) is 0 Å². The molecule has 1 fully saturated rings. The second-order valence-corrected chi connectivity index (χ2v) is 5.78. The number of anilines is 1. The van der Waals surface area contributed by atoms with Gasteiger partial charge in [-0.05, 0) is 49.9 Å². The van der Waals surface area contributed by atoms with Gasteiger partial charge in [0.2, 0.25) is 0 Å². The Bertz CT molecular complexity index is 382. The molecule has 0 saturated heterocycles. The molecule has 1 aliphatic rings. The quantitative estimate of drug-likeness (QED) is 0.701. The average Bonchev–Trinajstić information content (AvgIpc) is 3.29. The first-order chi connectivity index (χ1) is 9.74. The number of rotatable bonds is 9. The van der Waals surface area contributed by atoms with Gasteiger partial charge < -0.3 is 15.0 Å². The molecule has 0 bridgehead atoms. The maximum atomic E-state index is 5.69. The predicted molar refractivity (Wildman–Crippen MR) is 85.3 cm³/mol. The van der Waals surface area contributed by atoms with Crippen LogP contribution in [0.3, 0.4) is 0 Å². The lowest BCUT2D eigenvalue weighted by molar-refractivity contribution is 0.131. The summed E-state index contributed by atoms with van der Waals surface area (Å²) in [6.07, 6.45) is 3.84. The summed E-state index contributed by atoms with van der Waals surface area (Å²) in [6, 6.07) is 9.31. The van der Waals surface area contributed by atoms with E-state index in [1.165, 1.54) is 24.1 Å². The number of benzene rings is 1. The molecule has 1 atom stereocenters. The van der Waals surface area contributed by atoms with Crippen LogP contribution in [0.1, 0.15) is 37.8 Å². The van der Waals surface area contributed by atoms with Crippen molar-refractivity contribution in [3.05, 3.63) is 29.8 Å². The second kappa shape index (κ2) is 7.65. The van der Waals surface area contributed by atoms with Gasteiger partial charge in [0.25, 0.3) is 0 Å². The summed E-state index contributed by atoms with van der Waals surface area (Å²) in [5, 5.41) is 3.34. The Balaban J connectivity index is 1.78. The zero-order valence-electron chi connectivity index (χ0n) is 13.1. The standard InChI is InChI=1S/C17H28N2O/c1-4-17(18-2)15-7-9-16(10-8-15)19(3)11-12-20-13-14-5-6-14/h7-10,14,17-18H,4-6,11-13H2,1-3H3. The van der Waals surface area contributed by atoms with E-state index in [4.69, 9.17) is 4.74 Å². The summed E-state index contributed by atoms with van der Waals surface area (Å²) >= 11 is 0. The van der Waals surface area contributed by atoms with Gasteiger partial charge in [-0.2, -0.15) is 0 Å². The molecule has 3 nitrogen and oxygen atoms in total. The first-order valence-corrected chi connectivity index (χ1v) is 7.80. The van der Waals surface area contributed by atoms with Gasteiger partial charge in [-0.1, -0.05) is 19.1 Å². The largest absolute Gasteiger partial charge is 0.379 e. The highest BCUT2D eigenvalue weighted by Crippen LogP contribution is 2.28. The van der Waals surface area contributed by atoms with Crippen molar-refractivity contribution in [3.63, 3.8) is 0 Å². The van der Waals surface area contributed by atoms with E-state index in [9.17, 15) is 0 Å². The van der Waals surface area contributed by atoms with Crippen molar-refractivity contribution in [2.45, 2.75) is 32.2 Å². The molecule has 2 rings (SSSR count). The Morgan fingerprint density at radius 3 is 2.55 bits per heavy atom. The van der Waals surface area contributed by atoms with E-state index in [2.05, 4.69) is 48.5 Å². The first-order valence-electron chi connectivity index (χ1n) is 7.80. The molecule has 0 spiro atoms. The van der Waals surface area contributed by atoms with Crippen LogP contribution in [0.5, 0.6) is 0 Å². The van der Waals surface area contributed by atoms with Gasteiger partial charge in [-0.15, -0.1) is 0 Å². The third kappa shape index (κ3) is 4.50. The Morgan fingerprint density at radius 2 is 2.00 bits per heavy atom. The molecule has 0 heterocycles. The SMILES string of the molecule is CCC(NC)c1ccc(N(C)CCOCC2CC2)cc1. The lowest BCUT2D eigenvalue weighted by Crippen LogP contribution is -2.23. The minimum absolute atomic E-state index is 0.455. The molecule has 1 N–H and O–H groups in total. The van der Waals surface area contributed by atoms with Gasteiger partial charge in [-0.3, -0.25) is 0 Å². The van der Waals surface area contributed by atoms with Crippen LogP contribution in [0, 0.1) is 5.92 Å². The van der Waals surface area contributed by atoms with Crippen LogP contribution in [-0.2, 0) is 4.74 Å². The number of likely N-dealkylation sites (N-methyl/N-ethyl adjacent to an activating group) is 1. The number of nitrogens with zero attached hydrogens (tertiary/aromatic N) is 1. The summed E-state index contributed by atoms with van der Waals surface area (Å²) in [5.41, 5.74) is 2.62. The molecule has 3 heteroatoms. The van der Waals surface area contributed by atoms with Crippen LogP contribution < -0.4 is 10.2 Å². The fraction of sp³-hybridized carbons (Fsp3) is 0.647. The molecular weight excluding hydrogens is 248 g/mol. The van der Waals surface area contributed by atoms with Crippen molar-refractivity contribution in [2.75, 3.05) is 38.8 Å². The number of hydrogen-bond acceptors (Lipinski definition) is 3. The van der Waals surface area contributed by atoms with E-state index in [1.807, 2.05) is 7.05 Å². The van der Waals surface area contributed by atoms with Gasteiger partial charge in [-0.25, -0.2) is 0 Å². The molecule has 20 heavy (non-hydrogen) atoms.